The number of benzene rings is 6. The fraction of sp³-hybridized carbons (Fsp3) is 0.448. The summed E-state index contributed by atoms with van der Waals surface area (Å²) in [5.41, 5.74) is 4.98. The number of pyridine rings is 2. The highest BCUT2D eigenvalue weighted by molar-refractivity contribution is 6.13. The van der Waals surface area contributed by atoms with E-state index in [1.54, 1.807) is 109 Å². The Bertz CT molecular complexity index is 5750. The number of rotatable bonds is 60. The van der Waals surface area contributed by atoms with Gasteiger partial charge in [0.1, 0.15) is 55.7 Å². The lowest BCUT2D eigenvalue weighted by atomic mass is 9.77. The van der Waals surface area contributed by atoms with Crippen molar-refractivity contribution in [1.82, 2.24) is 56.0 Å². The number of fused-ring (bicyclic) bond motifs is 5. The number of methoxy groups -OCH3 is 1. The van der Waals surface area contributed by atoms with Crippen molar-refractivity contribution in [2.45, 2.75) is 141 Å². The van der Waals surface area contributed by atoms with E-state index >= 15 is 0 Å². The number of cyclic esters (lactones) is 1. The van der Waals surface area contributed by atoms with Crippen LogP contribution < -0.4 is 46.9 Å². The molecule has 1 fully saturated rings. The molecule has 0 bridgehead atoms. The number of amides is 7. The van der Waals surface area contributed by atoms with E-state index in [9.17, 15) is 52.7 Å². The zero-order valence-corrected chi connectivity index (χ0v) is 81.1. The highest BCUT2D eigenvalue weighted by atomic mass is 16.7. The average molecular weight is 1970 g/mol. The Morgan fingerprint density at radius 2 is 1.16 bits per heavy atom. The smallest absolute Gasteiger partial charge is 0.497 e. The van der Waals surface area contributed by atoms with Gasteiger partial charge in [-0.25, -0.2) is 24.0 Å². The molecule has 6 N–H and O–H groups in total. The molecule has 0 radical (unpaired) electrons. The summed E-state index contributed by atoms with van der Waals surface area (Å²) in [5, 5.41) is 27.2. The largest absolute Gasteiger partial charge is 0.513 e. The van der Waals surface area contributed by atoms with Crippen LogP contribution >= 0.6 is 0 Å². The Morgan fingerprint density at radius 3 is 1.77 bits per heavy atom. The molecule has 143 heavy (non-hydrogen) atoms. The highest BCUT2D eigenvalue weighted by Gasteiger charge is 2.51. The van der Waals surface area contributed by atoms with E-state index in [0.717, 1.165) is 40.7 Å². The number of esters is 1. The quantitative estimate of drug-likeness (QED) is 0.00516. The summed E-state index contributed by atoms with van der Waals surface area (Å²) in [4.78, 5) is 154. The van der Waals surface area contributed by atoms with Crippen LogP contribution in [0.5, 0.6) is 11.5 Å². The minimum absolute atomic E-state index is 0.0186. The van der Waals surface area contributed by atoms with Crippen molar-refractivity contribution in [2.75, 3.05) is 158 Å². The number of nitrogens with zero attached hydrogens (tertiary/aromatic N) is 6. The van der Waals surface area contributed by atoms with Crippen molar-refractivity contribution in [2.24, 2.45) is 11.8 Å². The van der Waals surface area contributed by atoms with Gasteiger partial charge in [0.2, 0.25) is 35.1 Å². The number of carbonyl (C=O) groups is 10. The van der Waals surface area contributed by atoms with Crippen LogP contribution in [0, 0.1) is 11.8 Å². The number of carbonyl (C=O) groups excluding carboxylic acids is 10. The monoisotopic (exact) mass is 1970 g/mol. The molecule has 0 saturated heterocycles. The van der Waals surface area contributed by atoms with E-state index < -0.39 is 83.9 Å². The number of unbranched alkanes of at least 4 members (excludes halogenated alkanes) is 1. The summed E-state index contributed by atoms with van der Waals surface area (Å²) in [7, 11) is 1.62. The molecular weight excluding hydrogens is 1850 g/mol. The maximum absolute atomic E-state index is 14.9. The van der Waals surface area contributed by atoms with Gasteiger partial charge in [0.25, 0.3) is 17.4 Å². The van der Waals surface area contributed by atoms with Crippen LogP contribution in [0.2, 0.25) is 0 Å². The Hall–Kier alpha value is -13.5. The lowest BCUT2D eigenvalue weighted by Crippen LogP contribution is -2.54. The second-order valence-corrected chi connectivity index (χ2v) is 34.4. The number of aryl methyl sites for hydroxylation is 1. The van der Waals surface area contributed by atoms with Gasteiger partial charge in [0.15, 0.2) is 0 Å². The molecule has 3 atom stereocenters. The number of nitrogens with one attached hydrogen (secondary N) is 6. The van der Waals surface area contributed by atoms with Gasteiger partial charge in [0.05, 0.1) is 173 Å². The van der Waals surface area contributed by atoms with Gasteiger partial charge in [0, 0.05) is 59.8 Å². The van der Waals surface area contributed by atoms with Crippen molar-refractivity contribution in [1.29, 1.82) is 0 Å². The predicted molar refractivity (Wildman–Crippen MR) is 521 cm³/mol. The van der Waals surface area contributed by atoms with E-state index in [-0.39, 0.29) is 118 Å². The summed E-state index contributed by atoms with van der Waals surface area (Å²) in [5.74, 6) is -2.91. The van der Waals surface area contributed by atoms with Gasteiger partial charge in [-0.2, -0.15) is 0 Å². The van der Waals surface area contributed by atoms with Crippen LogP contribution in [0.3, 0.4) is 0 Å². The first-order chi connectivity index (χ1) is 69.8. The molecule has 38 nitrogen and oxygen atoms in total. The van der Waals surface area contributed by atoms with E-state index in [4.69, 9.17) is 76.0 Å². The molecule has 3 aromatic heterocycles. The zero-order chi connectivity index (χ0) is 101. The lowest BCUT2D eigenvalue weighted by Gasteiger charge is -2.37. The minimum atomic E-state index is -2.09. The van der Waals surface area contributed by atoms with E-state index in [1.165, 1.54) is 17.1 Å². The Labute approximate surface area is 828 Å². The van der Waals surface area contributed by atoms with Crippen LogP contribution in [-0.4, -0.2) is 253 Å². The fourth-order valence-electron chi connectivity index (χ4n) is 17.5. The molecule has 0 spiro atoms. The Balaban J connectivity index is 0.509. The molecule has 762 valence electrons. The molecule has 1 saturated carbocycles. The second-order valence-electron chi connectivity index (χ2n) is 34.4. The maximum Gasteiger partial charge on any atom is 0.513 e. The number of hydrogen-bond donors (Lipinski definition) is 6. The summed E-state index contributed by atoms with van der Waals surface area (Å²) in [6, 6.07) is 47.7. The van der Waals surface area contributed by atoms with E-state index in [0.29, 0.717) is 195 Å². The molecule has 38 heteroatoms. The third-order valence-corrected chi connectivity index (χ3v) is 24.9. The van der Waals surface area contributed by atoms with Gasteiger partial charge in [-0.1, -0.05) is 134 Å². The Kier molecular flexibility index (Phi) is 41.2. The first kappa shape index (κ1) is 107. The molecule has 6 heterocycles. The molecule has 3 aliphatic heterocycles. The van der Waals surface area contributed by atoms with Crippen molar-refractivity contribution >= 4 is 76.2 Å². The maximum atomic E-state index is 14.9. The van der Waals surface area contributed by atoms with Gasteiger partial charge in [-0.05, 0) is 159 Å². The summed E-state index contributed by atoms with van der Waals surface area (Å²) >= 11 is 0. The summed E-state index contributed by atoms with van der Waals surface area (Å²) < 4.78 is 86.8. The number of imide groups is 1. The molecular formula is C105H126N12O26. The van der Waals surface area contributed by atoms with Gasteiger partial charge >= 0.3 is 18.3 Å². The number of anilines is 1. The first-order valence-corrected chi connectivity index (χ1v) is 48.6. The topological polar surface area (TPSA) is 450 Å². The first-order valence-electron chi connectivity index (χ1n) is 48.6. The van der Waals surface area contributed by atoms with Crippen LogP contribution in [-0.2, 0) is 157 Å². The minimum Gasteiger partial charge on any atom is -0.497 e. The van der Waals surface area contributed by atoms with Crippen LogP contribution in [0.4, 0.5) is 15.3 Å². The third kappa shape index (κ3) is 30.3. The fourth-order valence-corrected chi connectivity index (χ4v) is 17.5. The number of aromatic nitrogens is 5. The zero-order valence-electron chi connectivity index (χ0n) is 81.1. The summed E-state index contributed by atoms with van der Waals surface area (Å²) in [6.45, 7) is 11.3. The molecule has 1 aliphatic carbocycles. The average Bonchev–Trinajstić information content (AvgIpc) is 1.58. The van der Waals surface area contributed by atoms with Gasteiger partial charge in [-0.15, -0.1) is 5.10 Å². The molecule has 0 unspecified atom stereocenters. The standard InChI is InChI=1S/C105H126N12O26/c1-5-83-84-62-82(142-102(127)139-7-3)38-39-88(84)111-96-85(83)67-116-91(96)63-87-86(100(116)125)69-140-101(126)104(87,6-2)143-103(128)141-68-74-28-34-79(35-29-74)109-98(123)89(25-17-18-42-108-105(76-21-13-9-14-22-76,77-23-15-10-16-24-77)78-32-36-81(129-4)37-33-78)112-99(124)90(61-72-19-11-8-12-20-72)110-93(119)71-138-70-92(118)106-43-45-130-47-49-132-51-53-134-55-57-136-59-60-137-58-56-135-54-52-133-50-48-131-46-44-115-66-80(113-114-115)64-107-97(122)75-30-26-73(27-31-75)65-117-94(120)40-41-95(117)121/h8-16,19-24,28-29,32-41,62-63,66,73,75,89-90,108H,5-7,17-18,25-27,30-31,42-61,64-65,67-71H2,1-4H3,(H,106,118)(H,107,122)(H,109,123)(H,110,119)(H,112,124)/t73?,75?,89-,90-,104-/m0/s1. The van der Waals surface area contributed by atoms with E-state index in [2.05, 4.69) is 66.5 Å². The van der Waals surface area contributed by atoms with Gasteiger partial charge in [-0.3, -0.25) is 48.6 Å². The van der Waals surface area contributed by atoms with Crippen molar-refractivity contribution in [3.05, 3.63) is 248 Å². The Morgan fingerprint density at radius 1 is 0.566 bits per heavy atom. The predicted octanol–water partition coefficient (Wildman–Crippen LogP) is 9.35. The molecule has 13 rings (SSSR count). The lowest BCUT2D eigenvalue weighted by molar-refractivity contribution is -0.175. The molecule has 6 aromatic carbocycles. The normalized spacial score (nSPS) is 15.7. The van der Waals surface area contributed by atoms with Crippen LogP contribution in [0.1, 0.15) is 128 Å². The van der Waals surface area contributed by atoms with E-state index in [1.807, 2.05) is 73.7 Å². The number of ether oxygens (including phenoxy) is 15. The van der Waals surface area contributed by atoms with Gasteiger partial charge < -0.3 is 102 Å². The molecule has 4 aliphatic rings. The number of hydrogen-bond acceptors (Lipinski definition) is 30. The molecule has 7 amide bonds. The summed E-state index contributed by atoms with van der Waals surface area (Å²) in [6.07, 6.45) is 6.72. The highest BCUT2D eigenvalue weighted by Crippen LogP contribution is 2.44. The van der Waals surface area contributed by atoms with Crippen molar-refractivity contribution in [3.63, 3.8) is 0 Å². The van der Waals surface area contributed by atoms with Crippen molar-refractivity contribution in [3.8, 4) is 22.9 Å². The molecule has 9 aromatic rings. The SMILES string of the molecule is CCOC(=O)Oc1ccc2nc3c(c(CC)c2c1)Cn1c-3cc2c(c1=O)COC(=O)[C@@]2(CC)OC(=O)OCc1ccc(NC(=O)[C@H](CCCCNC(c2ccccc2)(c2ccccc2)c2ccc(OC)cc2)NC(=O)[C@H](Cc2ccccc2)NC(=O)COCC(=O)NCCOCCOCCOCCOCCOCCOCCOCCOCCn2cc(CNC(=O)C3CCC(CN4C(=O)C=CC4=O)CC3)nn2)cc1. The van der Waals surface area contributed by atoms with Crippen molar-refractivity contribution < 1.29 is 119 Å². The van der Waals surface area contributed by atoms with Crippen LogP contribution in [0.15, 0.2) is 187 Å². The van der Waals surface area contributed by atoms with Crippen LogP contribution in [0.25, 0.3) is 22.3 Å². The second kappa shape index (κ2) is 55.2. The third-order valence-electron chi connectivity index (χ3n) is 24.9.